The van der Waals surface area contributed by atoms with Gasteiger partial charge in [0, 0.05) is 38.2 Å². The van der Waals surface area contributed by atoms with E-state index in [1.165, 1.54) is 0 Å². The zero-order valence-corrected chi connectivity index (χ0v) is 9.89. The molecule has 90 valence electrons. The van der Waals surface area contributed by atoms with Gasteiger partial charge >= 0.3 is 0 Å². The molecule has 1 N–H and O–H groups in total. The summed E-state index contributed by atoms with van der Waals surface area (Å²) in [6.07, 6.45) is 0. The highest BCUT2D eigenvalue weighted by Crippen LogP contribution is 2.34. The van der Waals surface area contributed by atoms with Gasteiger partial charge in [-0.25, -0.2) is 0 Å². The van der Waals surface area contributed by atoms with Gasteiger partial charge < -0.3 is 9.84 Å². The highest BCUT2D eigenvalue weighted by molar-refractivity contribution is 5.49. The molecule has 1 fully saturated rings. The van der Waals surface area contributed by atoms with Crippen LogP contribution in [-0.4, -0.2) is 43.4 Å². The van der Waals surface area contributed by atoms with E-state index in [2.05, 4.69) is 11.0 Å². The summed E-state index contributed by atoms with van der Waals surface area (Å²) in [5, 5.41) is 18.8. The highest BCUT2D eigenvalue weighted by Gasteiger charge is 2.31. The van der Waals surface area contributed by atoms with Gasteiger partial charge in [0.2, 0.25) is 0 Å². The number of aromatic hydroxyl groups is 1. The van der Waals surface area contributed by atoms with Gasteiger partial charge in [0.1, 0.15) is 5.75 Å². The fraction of sp³-hybridized carbons (Fsp3) is 0.462. The number of methoxy groups -OCH3 is 1. The normalized spacial score (nSPS) is 16.5. The fourth-order valence-corrected chi connectivity index (χ4v) is 2.23. The van der Waals surface area contributed by atoms with E-state index in [1.54, 1.807) is 25.3 Å². The summed E-state index contributed by atoms with van der Waals surface area (Å²) in [6.45, 7) is 3.40. The molecule has 1 aliphatic rings. The standard InChI is InChI=1S/C13H16N2O2/c1-17-6-5-15-8-11(9-15)13-10(7-14)3-2-4-12(13)16/h2-4,11,16H,5-6,8-9H2,1H3. The number of nitriles is 1. The molecule has 1 aromatic carbocycles. The lowest BCUT2D eigenvalue weighted by Gasteiger charge is -2.39. The molecule has 4 nitrogen and oxygen atoms in total. The minimum atomic E-state index is 0.237. The van der Waals surface area contributed by atoms with Crippen LogP contribution in [0.5, 0.6) is 5.75 Å². The maximum atomic E-state index is 9.83. The van der Waals surface area contributed by atoms with Gasteiger partial charge in [-0.05, 0) is 12.1 Å². The lowest BCUT2D eigenvalue weighted by atomic mass is 9.87. The van der Waals surface area contributed by atoms with E-state index in [1.807, 2.05) is 0 Å². The molecule has 0 unspecified atom stereocenters. The zero-order chi connectivity index (χ0) is 12.3. The van der Waals surface area contributed by atoms with E-state index in [9.17, 15) is 5.11 Å². The van der Waals surface area contributed by atoms with Crippen molar-refractivity contribution in [3.8, 4) is 11.8 Å². The first-order chi connectivity index (χ1) is 8.26. The maximum absolute atomic E-state index is 9.83. The van der Waals surface area contributed by atoms with Crippen LogP contribution in [-0.2, 0) is 4.74 Å². The molecule has 0 amide bonds. The van der Waals surface area contributed by atoms with E-state index >= 15 is 0 Å². The Morgan fingerprint density at radius 1 is 1.53 bits per heavy atom. The number of nitrogens with zero attached hydrogens (tertiary/aromatic N) is 2. The average molecular weight is 232 g/mol. The molecule has 0 radical (unpaired) electrons. The van der Waals surface area contributed by atoms with Crippen LogP contribution in [0.2, 0.25) is 0 Å². The van der Waals surface area contributed by atoms with Gasteiger partial charge in [0.05, 0.1) is 18.2 Å². The van der Waals surface area contributed by atoms with Crippen LogP contribution < -0.4 is 0 Å². The minimum absolute atomic E-state index is 0.237. The van der Waals surface area contributed by atoms with Gasteiger partial charge in [0.15, 0.2) is 0 Å². The Labute approximate surface area is 101 Å². The fourth-order valence-electron chi connectivity index (χ4n) is 2.23. The molecule has 0 spiro atoms. The van der Waals surface area contributed by atoms with Crippen molar-refractivity contribution >= 4 is 0 Å². The summed E-state index contributed by atoms with van der Waals surface area (Å²) in [5.41, 5.74) is 1.38. The van der Waals surface area contributed by atoms with Crippen LogP contribution in [0.3, 0.4) is 0 Å². The summed E-state index contributed by atoms with van der Waals surface area (Å²) < 4.78 is 5.01. The zero-order valence-electron chi connectivity index (χ0n) is 9.89. The second kappa shape index (κ2) is 5.17. The Morgan fingerprint density at radius 3 is 2.94 bits per heavy atom. The molecule has 0 atom stereocenters. The summed E-state index contributed by atoms with van der Waals surface area (Å²) in [5.74, 6) is 0.503. The third-order valence-corrected chi connectivity index (χ3v) is 3.18. The van der Waals surface area contributed by atoms with Crippen molar-refractivity contribution in [2.45, 2.75) is 5.92 Å². The molecular weight excluding hydrogens is 216 g/mol. The monoisotopic (exact) mass is 232 g/mol. The molecule has 4 heteroatoms. The molecule has 17 heavy (non-hydrogen) atoms. The molecule has 1 heterocycles. The lowest BCUT2D eigenvalue weighted by molar-refractivity contribution is 0.0934. The van der Waals surface area contributed by atoms with Crippen molar-refractivity contribution < 1.29 is 9.84 Å². The van der Waals surface area contributed by atoms with Crippen LogP contribution in [0.15, 0.2) is 18.2 Å². The van der Waals surface area contributed by atoms with E-state index in [0.29, 0.717) is 5.56 Å². The van der Waals surface area contributed by atoms with Crippen molar-refractivity contribution in [3.63, 3.8) is 0 Å². The first-order valence-corrected chi connectivity index (χ1v) is 5.69. The van der Waals surface area contributed by atoms with E-state index < -0.39 is 0 Å². The molecule has 0 saturated carbocycles. The second-order valence-electron chi connectivity index (χ2n) is 4.30. The predicted molar refractivity (Wildman–Crippen MR) is 63.9 cm³/mol. The topological polar surface area (TPSA) is 56.5 Å². The molecular formula is C13H16N2O2. The number of benzene rings is 1. The van der Waals surface area contributed by atoms with Crippen LogP contribution >= 0.6 is 0 Å². The Morgan fingerprint density at radius 2 is 2.29 bits per heavy atom. The van der Waals surface area contributed by atoms with E-state index in [-0.39, 0.29) is 11.7 Å². The molecule has 1 aliphatic heterocycles. The smallest absolute Gasteiger partial charge is 0.120 e. The Hall–Kier alpha value is -1.57. The molecule has 1 aromatic rings. The summed E-state index contributed by atoms with van der Waals surface area (Å²) in [6, 6.07) is 7.25. The van der Waals surface area contributed by atoms with Crippen molar-refractivity contribution in [3.05, 3.63) is 29.3 Å². The van der Waals surface area contributed by atoms with Gasteiger partial charge in [0.25, 0.3) is 0 Å². The highest BCUT2D eigenvalue weighted by atomic mass is 16.5. The van der Waals surface area contributed by atoms with Crippen LogP contribution in [0.25, 0.3) is 0 Å². The first-order valence-electron chi connectivity index (χ1n) is 5.69. The third-order valence-electron chi connectivity index (χ3n) is 3.18. The van der Waals surface area contributed by atoms with Gasteiger partial charge in [-0.3, -0.25) is 4.90 Å². The Balaban J connectivity index is 2.04. The third kappa shape index (κ3) is 2.41. The first kappa shape index (κ1) is 11.9. The van der Waals surface area contributed by atoms with Crippen LogP contribution in [0.1, 0.15) is 17.0 Å². The van der Waals surface area contributed by atoms with Crippen molar-refractivity contribution in [2.75, 3.05) is 33.4 Å². The molecule has 0 aromatic heterocycles. The number of hydrogen-bond donors (Lipinski definition) is 1. The molecule has 1 saturated heterocycles. The maximum Gasteiger partial charge on any atom is 0.120 e. The number of rotatable bonds is 4. The summed E-state index contributed by atoms with van der Waals surface area (Å²) in [4.78, 5) is 2.25. The van der Waals surface area contributed by atoms with E-state index in [4.69, 9.17) is 10.00 Å². The SMILES string of the molecule is COCCN1CC(c2c(O)cccc2C#N)C1. The second-order valence-corrected chi connectivity index (χ2v) is 4.30. The van der Waals surface area contributed by atoms with Crippen molar-refractivity contribution in [1.82, 2.24) is 4.90 Å². The largest absolute Gasteiger partial charge is 0.508 e. The lowest BCUT2D eigenvalue weighted by Crippen LogP contribution is -2.46. The summed E-state index contributed by atoms with van der Waals surface area (Å²) in [7, 11) is 1.69. The van der Waals surface area contributed by atoms with Gasteiger partial charge in [-0.2, -0.15) is 5.26 Å². The molecule has 0 aliphatic carbocycles. The van der Waals surface area contributed by atoms with E-state index in [0.717, 1.165) is 31.8 Å². The molecule has 0 bridgehead atoms. The Kier molecular flexibility index (Phi) is 3.62. The number of phenolic OH excluding ortho intramolecular Hbond substituents is 1. The van der Waals surface area contributed by atoms with Gasteiger partial charge in [-0.15, -0.1) is 0 Å². The average Bonchev–Trinajstić information content (AvgIpc) is 2.28. The minimum Gasteiger partial charge on any atom is -0.508 e. The summed E-state index contributed by atoms with van der Waals surface area (Å²) >= 11 is 0. The molecule has 2 rings (SSSR count). The predicted octanol–water partition coefficient (Wildman–Crippen LogP) is 1.31. The number of hydrogen-bond acceptors (Lipinski definition) is 4. The van der Waals surface area contributed by atoms with Gasteiger partial charge in [-0.1, -0.05) is 6.07 Å². The van der Waals surface area contributed by atoms with Crippen LogP contribution in [0.4, 0.5) is 0 Å². The Bertz CT molecular complexity index is 434. The number of ether oxygens (including phenoxy) is 1. The van der Waals surface area contributed by atoms with Crippen molar-refractivity contribution in [1.29, 1.82) is 5.26 Å². The van der Waals surface area contributed by atoms with Crippen LogP contribution in [0, 0.1) is 11.3 Å². The number of likely N-dealkylation sites (tertiary alicyclic amines) is 1. The number of phenols is 1. The quantitative estimate of drug-likeness (QED) is 0.850. The van der Waals surface area contributed by atoms with Crippen molar-refractivity contribution in [2.24, 2.45) is 0 Å².